The molecule has 1 saturated carbocycles. The van der Waals surface area contributed by atoms with Crippen LogP contribution in [0.25, 0.3) is 0 Å². The summed E-state index contributed by atoms with van der Waals surface area (Å²) in [6.07, 6.45) is 1.30. The molecule has 5 heteroatoms. The third-order valence-electron chi connectivity index (χ3n) is 3.94. The molecule has 4 aliphatic rings. The number of carbonyl (C=O) groups excluding carboxylic acids is 1. The molecule has 0 unspecified atom stereocenters. The van der Waals surface area contributed by atoms with Crippen LogP contribution >= 0.6 is 0 Å². The monoisotopic (exact) mass is 210 g/mol. The second-order valence-corrected chi connectivity index (χ2v) is 4.69. The van der Waals surface area contributed by atoms with Gasteiger partial charge < -0.3 is 19.3 Å². The molecule has 5 atom stereocenters. The minimum absolute atomic E-state index is 0.0382. The molecule has 2 saturated heterocycles. The van der Waals surface area contributed by atoms with Crippen LogP contribution < -0.4 is 0 Å². The van der Waals surface area contributed by atoms with E-state index in [-0.39, 0.29) is 30.5 Å². The van der Waals surface area contributed by atoms with E-state index >= 15 is 0 Å². The van der Waals surface area contributed by atoms with E-state index in [1.807, 2.05) is 0 Å². The topological polar surface area (TPSA) is 65.0 Å². The molecular formula is C10H10O5. The van der Waals surface area contributed by atoms with Gasteiger partial charge in [0.05, 0.1) is 24.4 Å². The number of hydrogen-bond acceptors (Lipinski definition) is 5. The third kappa shape index (κ3) is 0.765. The molecule has 0 aromatic carbocycles. The lowest BCUT2D eigenvalue weighted by atomic mass is 9.83. The molecule has 0 aromatic heterocycles. The van der Waals surface area contributed by atoms with Crippen LogP contribution in [0.15, 0.2) is 11.8 Å². The van der Waals surface area contributed by atoms with Crippen LogP contribution in [0.1, 0.15) is 6.42 Å². The van der Waals surface area contributed by atoms with E-state index in [0.717, 1.165) is 0 Å². The lowest BCUT2D eigenvalue weighted by Gasteiger charge is -2.28. The first-order valence-electron chi connectivity index (χ1n) is 5.09. The van der Waals surface area contributed by atoms with Crippen molar-refractivity contribution in [3.63, 3.8) is 0 Å². The van der Waals surface area contributed by atoms with Gasteiger partial charge in [-0.05, 0) is 0 Å². The summed E-state index contributed by atoms with van der Waals surface area (Å²) in [5, 5.41) is 10.3. The van der Waals surface area contributed by atoms with Gasteiger partial charge in [0.2, 0.25) is 6.29 Å². The van der Waals surface area contributed by atoms with E-state index in [1.54, 1.807) is 0 Å². The highest BCUT2D eigenvalue weighted by Crippen LogP contribution is 2.56. The van der Waals surface area contributed by atoms with Crippen molar-refractivity contribution < 1.29 is 24.1 Å². The molecule has 4 rings (SSSR count). The number of rotatable bonds is 0. The van der Waals surface area contributed by atoms with Crippen molar-refractivity contribution >= 4 is 5.97 Å². The summed E-state index contributed by atoms with van der Waals surface area (Å²) in [7, 11) is 0. The quantitative estimate of drug-likeness (QED) is 0.548. The maximum absolute atomic E-state index is 11.4. The molecule has 0 bridgehead atoms. The van der Waals surface area contributed by atoms with Gasteiger partial charge in [-0.25, -0.2) is 4.79 Å². The lowest BCUT2D eigenvalue weighted by molar-refractivity contribution is -0.140. The second kappa shape index (κ2) is 2.20. The van der Waals surface area contributed by atoms with Crippen molar-refractivity contribution in [2.24, 2.45) is 11.8 Å². The molecule has 0 aromatic rings. The summed E-state index contributed by atoms with van der Waals surface area (Å²) < 4.78 is 15.9. The highest BCUT2D eigenvalue weighted by Gasteiger charge is 2.67. The molecule has 3 aliphatic heterocycles. The fourth-order valence-electron chi connectivity index (χ4n) is 3.33. The number of esters is 1. The highest BCUT2D eigenvalue weighted by molar-refractivity contribution is 5.91. The fraction of sp³-hybridized carbons (Fsp3) is 0.700. The minimum atomic E-state index is -0.875. The average Bonchev–Trinajstić information content (AvgIpc) is 2.76. The Labute approximate surface area is 85.6 Å². The first-order valence-corrected chi connectivity index (χ1v) is 5.09. The molecular weight excluding hydrogens is 200 g/mol. The third-order valence-corrected chi connectivity index (χ3v) is 3.94. The summed E-state index contributed by atoms with van der Waals surface area (Å²) in [5.74, 6) is -0.491. The van der Waals surface area contributed by atoms with Gasteiger partial charge in [-0.1, -0.05) is 0 Å². The first kappa shape index (κ1) is 8.13. The van der Waals surface area contributed by atoms with Crippen LogP contribution in [0.3, 0.4) is 0 Å². The van der Waals surface area contributed by atoms with Crippen LogP contribution in [0.4, 0.5) is 0 Å². The Balaban J connectivity index is 1.88. The summed E-state index contributed by atoms with van der Waals surface area (Å²) in [4.78, 5) is 11.4. The predicted molar refractivity (Wildman–Crippen MR) is 45.3 cm³/mol. The normalized spacial score (nSPS) is 54.7. The molecule has 1 aliphatic carbocycles. The molecule has 0 radical (unpaired) electrons. The molecule has 3 heterocycles. The Hall–Kier alpha value is -1.07. The van der Waals surface area contributed by atoms with Crippen molar-refractivity contribution in [3.8, 4) is 0 Å². The highest BCUT2D eigenvalue weighted by atomic mass is 16.7. The molecule has 15 heavy (non-hydrogen) atoms. The van der Waals surface area contributed by atoms with Crippen LogP contribution in [-0.2, 0) is 19.0 Å². The van der Waals surface area contributed by atoms with Crippen molar-refractivity contribution in [3.05, 3.63) is 11.8 Å². The largest absolute Gasteiger partial charge is 0.472 e. The Morgan fingerprint density at radius 2 is 2.40 bits per heavy atom. The predicted octanol–water partition coefficient (Wildman–Crippen LogP) is -0.451. The van der Waals surface area contributed by atoms with Gasteiger partial charge in [0, 0.05) is 12.3 Å². The summed E-state index contributed by atoms with van der Waals surface area (Å²) in [6.45, 7) is 0.272. The van der Waals surface area contributed by atoms with Crippen LogP contribution in [0.5, 0.6) is 0 Å². The Morgan fingerprint density at radius 3 is 3.27 bits per heavy atom. The Bertz CT molecular complexity index is 389. The van der Waals surface area contributed by atoms with E-state index in [0.29, 0.717) is 12.0 Å². The zero-order chi connectivity index (χ0) is 10.2. The zero-order valence-corrected chi connectivity index (χ0v) is 7.88. The van der Waals surface area contributed by atoms with Crippen LogP contribution in [0.2, 0.25) is 0 Å². The molecule has 0 spiro atoms. The maximum atomic E-state index is 11.4. The molecule has 3 fully saturated rings. The summed E-state index contributed by atoms with van der Waals surface area (Å²) >= 11 is 0. The molecule has 80 valence electrons. The molecule has 1 N–H and O–H groups in total. The smallest absolute Gasteiger partial charge is 0.337 e. The van der Waals surface area contributed by atoms with Gasteiger partial charge in [0.15, 0.2) is 0 Å². The number of hydrogen-bond donors (Lipinski definition) is 1. The Morgan fingerprint density at radius 1 is 1.53 bits per heavy atom. The minimum Gasteiger partial charge on any atom is -0.472 e. The number of carbonyl (C=O) groups is 1. The van der Waals surface area contributed by atoms with Crippen LogP contribution in [0, 0.1) is 11.8 Å². The van der Waals surface area contributed by atoms with Crippen LogP contribution in [-0.4, -0.2) is 35.7 Å². The van der Waals surface area contributed by atoms with E-state index in [2.05, 4.69) is 0 Å². The van der Waals surface area contributed by atoms with E-state index in [4.69, 9.17) is 14.2 Å². The van der Waals surface area contributed by atoms with Crippen molar-refractivity contribution in [1.82, 2.24) is 0 Å². The average molecular weight is 210 g/mol. The number of ether oxygens (including phenoxy) is 3. The van der Waals surface area contributed by atoms with Gasteiger partial charge in [-0.2, -0.15) is 0 Å². The van der Waals surface area contributed by atoms with E-state index in [9.17, 15) is 9.90 Å². The maximum Gasteiger partial charge on any atom is 0.337 e. The summed E-state index contributed by atoms with van der Waals surface area (Å²) in [5.41, 5.74) is -0.317. The van der Waals surface area contributed by atoms with Gasteiger partial charge in [0.25, 0.3) is 0 Å². The summed E-state index contributed by atoms with van der Waals surface area (Å²) in [6, 6.07) is 0. The number of aliphatic hydroxyl groups is 1. The van der Waals surface area contributed by atoms with Gasteiger partial charge in [0.1, 0.15) is 11.7 Å². The molecule has 0 amide bonds. The van der Waals surface area contributed by atoms with Crippen molar-refractivity contribution in [2.45, 2.75) is 24.4 Å². The lowest BCUT2D eigenvalue weighted by Crippen LogP contribution is -2.39. The van der Waals surface area contributed by atoms with Crippen molar-refractivity contribution in [2.75, 3.05) is 6.61 Å². The SMILES string of the molecule is O=C1O[C@H]2C[C@@]3(O)CO[C@H]4OC=C1[C@@H]2[C@H]43. The van der Waals surface area contributed by atoms with E-state index < -0.39 is 11.9 Å². The molecule has 5 nitrogen and oxygen atoms in total. The van der Waals surface area contributed by atoms with E-state index in [1.165, 1.54) is 6.26 Å². The van der Waals surface area contributed by atoms with Gasteiger partial charge in [-0.15, -0.1) is 0 Å². The fourth-order valence-corrected chi connectivity index (χ4v) is 3.33. The van der Waals surface area contributed by atoms with Crippen molar-refractivity contribution in [1.29, 1.82) is 0 Å². The standard InChI is InChI=1S/C10H10O5/c11-8-4-2-13-9-7-6(4)5(15-8)1-10(7,12)3-14-9/h2,5-7,9,12H,1,3H2/t5-,6-,7+,9+,10+/m0/s1. The zero-order valence-electron chi connectivity index (χ0n) is 7.88. The van der Waals surface area contributed by atoms with Gasteiger partial charge in [-0.3, -0.25) is 0 Å². The van der Waals surface area contributed by atoms with Gasteiger partial charge >= 0.3 is 5.97 Å². The first-order chi connectivity index (χ1) is 7.19. The Kier molecular flexibility index (Phi) is 1.19. The second-order valence-electron chi connectivity index (χ2n) is 4.69.